The van der Waals surface area contributed by atoms with Gasteiger partial charge in [-0.2, -0.15) is 0 Å². The summed E-state index contributed by atoms with van der Waals surface area (Å²) in [5.74, 6) is -0.204. The Hall–Kier alpha value is -1.99. The molecular weight excluding hydrogens is 361 g/mol. The van der Waals surface area contributed by atoms with Gasteiger partial charge >= 0.3 is 0 Å². The average molecular weight is 391 g/mol. The molecule has 0 bridgehead atoms. The minimum Gasteiger partial charge on any atom is -0.383 e. The molecule has 0 spiro atoms. The molecule has 1 aliphatic heterocycles. The minimum absolute atomic E-state index is 0.0242. The first-order valence-corrected chi connectivity index (χ1v) is 10.1. The largest absolute Gasteiger partial charge is 0.383 e. The molecule has 1 aromatic carbocycles. The topological polar surface area (TPSA) is 61.9 Å². The second kappa shape index (κ2) is 9.47. The van der Waals surface area contributed by atoms with Crippen molar-refractivity contribution in [1.29, 1.82) is 0 Å². The number of amides is 2. The normalized spacial score (nSPS) is 19.6. The monoisotopic (exact) mass is 391 g/mol. The molecule has 154 valence electrons. The Morgan fingerprint density at radius 3 is 2.54 bits per heavy atom. The molecule has 0 radical (unpaired) electrons. The van der Waals surface area contributed by atoms with Crippen LogP contribution in [-0.2, 0) is 19.7 Å². The number of carbonyl (C=O) groups excluding carboxylic acids is 2. The summed E-state index contributed by atoms with van der Waals surface area (Å²) in [5, 5.41) is 2.82. The van der Waals surface area contributed by atoms with E-state index >= 15 is 0 Å². The Morgan fingerprint density at radius 1 is 1.18 bits per heavy atom. The van der Waals surface area contributed by atoms with E-state index in [0.29, 0.717) is 45.9 Å². The van der Waals surface area contributed by atoms with Crippen molar-refractivity contribution < 1.29 is 18.7 Å². The summed E-state index contributed by atoms with van der Waals surface area (Å²) in [6.45, 7) is 3.87. The van der Waals surface area contributed by atoms with Crippen LogP contribution in [0.2, 0.25) is 0 Å². The van der Waals surface area contributed by atoms with Crippen molar-refractivity contribution in [3.8, 4) is 0 Å². The number of halogens is 1. The van der Waals surface area contributed by atoms with Gasteiger partial charge in [-0.25, -0.2) is 4.39 Å². The van der Waals surface area contributed by atoms with Crippen molar-refractivity contribution in [2.45, 2.75) is 31.1 Å². The highest BCUT2D eigenvalue weighted by atomic mass is 19.1. The van der Waals surface area contributed by atoms with Gasteiger partial charge in [0.2, 0.25) is 11.8 Å². The minimum atomic E-state index is -0.595. The van der Waals surface area contributed by atoms with Crippen molar-refractivity contribution in [2.24, 2.45) is 0 Å². The molecule has 1 aromatic rings. The predicted octanol–water partition coefficient (Wildman–Crippen LogP) is 1.54. The van der Waals surface area contributed by atoms with Gasteiger partial charge in [-0.05, 0) is 30.5 Å². The Balaban J connectivity index is 1.58. The third-order valence-electron chi connectivity index (χ3n) is 5.90. The quantitative estimate of drug-likeness (QED) is 0.717. The van der Waals surface area contributed by atoms with Crippen molar-refractivity contribution >= 4 is 11.8 Å². The molecule has 0 unspecified atom stereocenters. The standard InChI is InChI=1S/C21H30FN3O3/c1-28-14-9-23-19(26)16-24-10-12-25(13-11-24)20(27)21(7-2-3-8-21)17-5-4-6-18(22)15-17/h4-6,15H,2-3,7-14,16H2,1H3,(H,23,26). The summed E-state index contributed by atoms with van der Waals surface area (Å²) in [6, 6.07) is 6.52. The summed E-state index contributed by atoms with van der Waals surface area (Å²) in [6.07, 6.45) is 3.53. The van der Waals surface area contributed by atoms with E-state index in [0.717, 1.165) is 31.2 Å². The second-order valence-corrected chi connectivity index (χ2v) is 7.71. The molecule has 0 atom stereocenters. The molecule has 1 heterocycles. The maximum Gasteiger partial charge on any atom is 0.234 e. The average Bonchev–Trinajstić information content (AvgIpc) is 3.19. The molecule has 7 heteroatoms. The third kappa shape index (κ3) is 4.70. The summed E-state index contributed by atoms with van der Waals surface area (Å²) in [5.41, 5.74) is 0.205. The fourth-order valence-corrected chi connectivity index (χ4v) is 4.35. The third-order valence-corrected chi connectivity index (χ3v) is 5.90. The molecule has 3 rings (SSSR count). The lowest BCUT2D eigenvalue weighted by molar-refractivity contribution is -0.139. The van der Waals surface area contributed by atoms with Crippen LogP contribution in [0, 0.1) is 5.82 Å². The zero-order valence-corrected chi connectivity index (χ0v) is 16.6. The van der Waals surface area contributed by atoms with Crippen LogP contribution >= 0.6 is 0 Å². The van der Waals surface area contributed by atoms with E-state index in [-0.39, 0.29) is 17.6 Å². The first kappa shape index (κ1) is 20.7. The lowest BCUT2D eigenvalue weighted by atomic mass is 9.77. The number of methoxy groups -OCH3 is 1. The first-order valence-electron chi connectivity index (χ1n) is 10.1. The van der Waals surface area contributed by atoms with Gasteiger partial charge in [-0.1, -0.05) is 25.0 Å². The van der Waals surface area contributed by atoms with E-state index in [2.05, 4.69) is 10.2 Å². The molecule has 0 aromatic heterocycles. The molecule has 2 aliphatic rings. The number of ether oxygens (including phenoxy) is 1. The van der Waals surface area contributed by atoms with Gasteiger partial charge in [0.1, 0.15) is 5.82 Å². The Morgan fingerprint density at radius 2 is 1.89 bits per heavy atom. The molecule has 6 nitrogen and oxygen atoms in total. The molecular formula is C21H30FN3O3. The highest BCUT2D eigenvalue weighted by Gasteiger charge is 2.45. The maximum atomic E-state index is 13.8. The number of piperazine rings is 1. The molecule has 28 heavy (non-hydrogen) atoms. The van der Waals surface area contributed by atoms with Crippen LogP contribution in [0.4, 0.5) is 4.39 Å². The Bertz CT molecular complexity index is 683. The van der Waals surface area contributed by atoms with Gasteiger partial charge in [0.15, 0.2) is 0 Å². The van der Waals surface area contributed by atoms with E-state index in [1.807, 2.05) is 11.0 Å². The highest BCUT2D eigenvalue weighted by Crippen LogP contribution is 2.43. The fraction of sp³-hybridized carbons (Fsp3) is 0.619. The van der Waals surface area contributed by atoms with E-state index < -0.39 is 5.41 Å². The van der Waals surface area contributed by atoms with Crippen molar-refractivity contribution in [2.75, 3.05) is 53.0 Å². The summed E-state index contributed by atoms with van der Waals surface area (Å²) >= 11 is 0. The fourth-order valence-electron chi connectivity index (χ4n) is 4.35. The smallest absolute Gasteiger partial charge is 0.234 e. The number of hydrogen-bond acceptors (Lipinski definition) is 4. The number of hydrogen-bond donors (Lipinski definition) is 1. The lowest BCUT2D eigenvalue weighted by Crippen LogP contribution is -2.55. The zero-order valence-electron chi connectivity index (χ0n) is 16.6. The lowest BCUT2D eigenvalue weighted by Gasteiger charge is -2.40. The van der Waals surface area contributed by atoms with Crippen LogP contribution in [0.5, 0.6) is 0 Å². The predicted molar refractivity (Wildman–Crippen MR) is 104 cm³/mol. The summed E-state index contributed by atoms with van der Waals surface area (Å²) in [4.78, 5) is 29.3. The second-order valence-electron chi connectivity index (χ2n) is 7.71. The highest BCUT2D eigenvalue weighted by molar-refractivity contribution is 5.89. The SMILES string of the molecule is COCCNC(=O)CN1CCN(C(=O)C2(c3cccc(F)c3)CCCC2)CC1. The van der Waals surface area contributed by atoms with E-state index in [1.54, 1.807) is 13.2 Å². The van der Waals surface area contributed by atoms with Crippen molar-refractivity contribution in [3.05, 3.63) is 35.6 Å². The van der Waals surface area contributed by atoms with E-state index in [9.17, 15) is 14.0 Å². The Kier molecular flexibility index (Phi) is 7.02. The molecule has 1 N–H and O–H groups in total. The number of carbonyl (C=O) groups is 2. The number of benzene rings is 1. The molecule has 2 amide bonds. The van der Waals surface area contributed by atoms with Gasteiger partial charge in [0, 0.05) is 39.8 Å². The van der Waals surface area contributed by atoms with E-state index in [1.165, 1.54) is 12.1 Å². The van der Waals surface area contributed by atoms with E-state index in [4.69, 9.17) is 4.74 Å². The molecule has 1 aliphatic carbocycles. The van der Waals surface area contributed by atoms with Crippen LogP contribution in [0.3, 0.4) is 0 Å². The van der Waals surface area contributed by atoms with Crippen LogP contribution in [-0.4, -0.2) is 74.6 Å². The van der Waals surface area contributed by atoms with Gasteiger partial charge < -0.3 is 15.0 Å². The number of nitrogens with zero attached hydrogens (tertiary/aromatic N) is 2. The first-order chi connectivity index (χ1) is 13.5. The van der Waals surface area contributed by atoms with Gasteiger partial charge in [-0.3, -0.25) is 14.5 Å². The Labute approximate surface area is 166 Å². The van der Waals surface area contributed by atoms with Gasteiger partial charge in [-0.15, -0.1) is 0 Å². The molecule has 2 fully saturated rings. The summed E-state index contributed by atoms with van der Waals surface area (Å²) < 4.78 is 18.7. The number of rotatable bonds is 7. The van der Waals surface area contributed by atoms with Crippen LogP contribution in [0.25, 0.3) is 0 Å². The summed E-state index contributed by atoms with van der Waals surface area (Å²) in [7, 11) is 1.60. The molecule has 1 saturated heterocycles. The molecule has 1 saturated carbocycles. The van der Waals surface area contributed by atoms with Gasteiger partial charge in [0.05, 0.1) is 18.6 Å². The van der Waals surface area contributed by atoms with Crippen LogP contribution < -0.4 is 5.32 Å². The van der Waals surface area contributed by atoms with Crippen LogP contribution in [0.1, 0.15) is 31.2 Å². The number of nitrogens with one attached hydrogen (secondary N) is 1. The van der Waals surface area contributed by atoms with Gasteiger partial charge in [0.25, 0.3) is 0 Å². The zero-order chi connectivity index (χ0) is 20.0. The van der Waals surface area contributed by atoms with Crippen molar-refractivity contribution in [1.82, 2.24) is 15.1 Å². The van der Waals surface area contributed by atoms with Crippen LogP contribution in [0.15, 0.2) is 24.3 Å². The maximum absolute atomic E-state index is 13.8. The van der Waals surface area contributed by atoms with Crippen molar-refractivity contribution in [3.63, 3.8) is 0 Å².